The van der Waals surface area contributed by atoms with Gasteiger partial charge in [0.25, 0.3) is 0 Å². The number of carbonyl (C=O) groups is 1. The second kappa shape index (κ2) is 10.9. The molecule has 2 aromatic carbocycles. The van der Waals surface area contributed by atoms with Crippen LogP contribution < -0.4 is 9.62 Å². The molecule has 8 nitrogen and oxygen atoms in total. The third-order valence-corrected chi connectivity index (χ3v) is 9.04. The van der Waals surface area contributed by atoms with Gasteiger partial charge in [-0.3, -0.25) is 9.10 Å². The number of hydrogen-bond acceptors (Lipinski definition) is 5. The predicted octanol–water partition coefficient (Wildman–Crippen LogP) is 3.74. The number of benzene rings is 2. The quantitative estimate of drug-likeness (QED) is 0.586. The fourth-order valence-electron chi connectivity index (χ4n) is 4.12. The molecule has 0 spiro atoms. The first-order valence-corrected chi connectivity index (χ1v) is 14.8. The minimum atomic E-state index is -3.73. The number of nitrogens with one attached hydrogen (secondary N) is 1. The second-order valence-electron chi connectivity index (χ2n) is 8.65. The van der Waals surface area contributed by atoms with E-state index in [1.54, 1.807) is 31.2 Å². The van der Waals surface area contributed by atoms with Gasteiger partial charge in [0.05, 0.1) is 16.8 Å². The van der Waals surface area contributed by atoms with Gasteiger partial charge < -0.3 is 5.32 Å². The summed E-state index contributed by atoms with van der Waals surface area (Å²) in [5.74, 6) is -0.489. The number of rotatable bonds is 8. The fraction of sp³-hybridized carbons (Fsp3) is 0.458. The Hall–Kier alpha value is -2.43. The highest BCUT2D eigenvalue weighted by Crippen LogP contribution is 2.25. The molecule has 0 aromatic heterocycles. The minimum Gasteiger partial charge on any atom is -0.324 e. The van der Waals surface area contributed by atoms with E-state index < -0.39 is 32.0 Å². The smallest absolute Gasteiger partial charge is 0.248 e. The van der Waals surface area contributed by atoms with Gasteiger partial charge in [-0.2, -0.15) is 4.31 Å². The molecular formula is C24H33N3O5S2. The van der Waals surface area contributed by atoms with Crippen molar-refractivity contribution >= 4 is 37.3 Å². The minimum absolute atomic E-state index is 0.178. The number of carbonyl (C=O) groups excluding carboxylic acids is 1. The van der Waals surface area contributed by atoms with Crippen molar-refractivity contribution in [2.24, 2.45) is 0 Å². The Bertz CT molecular complexity index is 1190. The van der Waals surface area contributed by atoms with E-state index in [0.717, 1.165) is 41.8 Å². The van der Waals surface area contributed by atoms with E-state index in [4.69, 9.17) is 0 Å². The van der Waals surface area contributed by atoms with Gasteiger partial charge in [0, 0.05) is 18.8 Å². The summed E-state index contributed by atoms with van der Waals surface area (Å²) in [6, 6.07) is 12.0. The van der Waals surface area contributed by atoms with Crippen molar-refractivity contribution in [2.45, 2.75) is 56.9 Å². The van der Waals surface area contributed by atoms with Crippen molar-refractivity contribution in [2.75, 3.05) is 29.0 Å². The molecule has 1 aliphatic heterocycles. The van der Waals surface area contributed by atoms with Crippen LogP contribution in [0, 0.1) is 6.92 Å². The summed E-state index contributed by atoms with van der Waals surface area (Å²) in [7, 11) is -7.32. The zero-order valence-electron chi connectivity index (χ0n) is 19.9. The molecule has 10 heteroatoms. The van der Waals surface area contributed by atoms with Crippen molar-refractivity contribution in [3.05, 3.63) is 54.1 Å². The van der Waals surface area contributed by atoms with Crippen LogP contribution in [0.25, 0.3) is 0 Å². The zero-order valence-corrected chi connectivity index (χ0v) is 21.5. The van der Waals surface area contributed by atoms with E-state index in [1.165, 1.54) is 28.6 Å². The molecule has 1 fully saturated rings. The van der Waals surface area contributed by atoms with Crippen molar-refractivity contribution < 1.29 is 21.6 Å². The highest BCUT2D eigenvalue weighted by Gasteiger charge is 2.32. The standard InChI is InChI=1S/C24H33N3O5S2/c1-4-23(27(33(3,29)30)21-13-9-19(2)10-14-21)24(28)25-20-11-15-22(16-12-20)34(31,32)26-17-7-5-6-8-18-26/h9-16,23H,4-8,17-18H2,1-3H3,(H,25,28). The highest BCUT2D eigenvalue weighted by molar-refractivity contribution is 7.92. The summed E-state index contributed by atoms with van der Waals surface area (Å²) in [6.45, 7) is 4.67. The first kappa shape index (κ1) is 26.2. The second-order valence-corrected chi connectivity index (χ2v) is 12.4. The Morgan fingerprint density at radius 1 is 0.941 bits per heavy atom. The number of aryl methyl sites for hydroxylation is 1. The molecule has 3 rings (SSSR count). The summed E-state index contributed by atoms with van der Waals surface area (Å²) in [6.07, 6.45) is 5.10. The lowest BCUT2D eigenvalue weighted by atomic mass is 10.1. The maximum atomic E-state index is 13.1. The topological polar surface area (TPSA) is 104 Å². The molecule has 0 bridgehead atoms. The highest BCUT2D eigenvalue weighted by atomic mass is 32.2. The Morgan fingerprint density at radius 3 is 2.00 bits per heavy atom. The van der Waals surface area contributed by atoms with Gasteiger partial charge in [-0.15, -0.1) is 0 Å². The van der Waals surface area contributed by atoms with Gasteiger partial charge in [0.2, 0.25) is 26.0 Å². The number of sulfonamides is 2. The van der Waals surface area contributed by atoms with E-state index in [1.807, 2.05) is 6.92 Å². The fourth-order valence-corrected chi connectivity index (χ4v) is 6.85. The van der Waals surface area contributed by atoms with E-state index in [9.17, 15) is 21.6 Å². The lowest BCUT2D eigenvalue weighted by molar-refractivity contribution is -0.117. The van der Waals surface area contributed by atoms with Crippen LogP contribution in [0.5, 0.6) is 0 Å². The number of anilines is 2. The molecule has 0 saturated carbocycles. The molecule has 1 unspecified atom stereocenters. The van der Waals surface area contributed by atoms with Crippen molar-refractivity contribution in [3.8, 4) is 0 Å². The molecule has 34 heavy (non-hydrogen) atoms. The Balaban J connectivity index is 1.79. The van der Waals surface area contributed by atoms with Crippen molar-refractivity contribution in [1.82, 2.24) is 4.31 Å². The third-order valence-electron chi connectivity index (χ3n) is 5.94. The molecule has 1 heterocycles. The molecule has 1 atom stereocenters. The first-order chi connectivity index (χ1) is 16.0. The van der Waals surface area contributed by atoms with Crippen LogP contribution in [0.15, 0.2) is 53.4 Å². The molecule has 0 aliphatic carbocycles. The van der Waals surface area contributed by atoms with Crippen LogP contribution in [-0.2, 0) is 24.8 Å². The van der Waals surface area contributed by atoms with Crippen LogP contribution in [0.1, 0.15) is 44.6 Å². The predicted molar refractivity (Wildman–Crippen MR) is 135 cm³/mol. The molecule has 2 aromatic rings. The monoisotopic (exact) mass is 507 g/mol. The van der Waals surface area contributed by atoms with Gasteiger partial charge in [-0.25, -0.2) is 16.8 Å². The molecule has 1 aliphatic rings. The van der Waals surface area contributed by atoms with E-state index >= 15 is 0 Å². The molecule has 1 saturated heterocycles. The maximum absolute atomic E-state index is 13.1. The van der Waals surface area contributed by atoms with E-state index in [2.05, 4.69) is 5.32 Å². The van der Waals surface area contributed by atoms with Gasteiger partial charge >= 0.3 is 0 Å². The van der Waals surface area contributed by atoms with Gasteiger partial charge in [0.15, 0.2) is 0 Å². The molecule has 0 radical (unpaired) electrons. The summed E-state index contributed by atoms with van der Waals surface area (Å²) in [5.41, 5.74) is 1.79. The Morgan fingerprint density at radius 2 is 1.50 bits per heavy atom. The van der Waals surface area contributed by atoms with Crippen LogP contribution in [-0.4, -0.2) is 52.4 Å². The average molecular weight is 508 g/mol. The van der Waals surface area contributed by atoms with Gasteiger partial charge in [-0.05, 0) is 62.6 Å². The van der Waals surface area contributed by atoms with Crippen molar-refractivity contribution in [1.29, 1.82) is 0 Å². The number of amides is 1. The lowest BCUT2D eigenvalue weighted by Crippen LogP contribution is -2.47. The Kier molecular flexibility index (Phi) is 8.38. The first-order valence-electron chi connectivity index (χ1n) is 11.5. The largest absolute Gasteiger partial charge is 0.324 e. The average Bonchev–Trinajstić information content (AvgIpc) is 3.08. The molecule has 1 N–H and O–H groups in total. The van der Waals surface area contributed by atoms with Crippen LogP contribution in [0.3, 0.4) is 0 Å². The molecule has 1 amide bonds. The van der Waals surface area contributed by atoms with E-state index in [0.29, 0.717) is 24.5 Å². The SMILES string of the molecule is CCC(C(=O)Nc1ccc(S(=O)(=O)N2CCCCCC2)cc1)N(c1ccc(C)cc1)S(C)(=O)=O. The van der Waals surface area contributed by atoms with E-state index in [-0.39, 0.29) is 11.3 Å². The summed E-state index contributed by atoms with van der Waals surface area (Å²) >= 11 is 0. The zero-order chi connectivity index (χ0) is 24.9. The normalized spacial score (nSPS) is 16.4. The van der Waals surface area contributed by atoms with Gasteiger partial charge in [0.1, 0.15) is 6.04 Å². The Labute approximate surface area is 203 Å². The van der Waals surface area contributed by atoms with Crippen LogP contribution in [0.2, 0.25) is 0 Å². The molecule has 186 valence electrons. The van der Waals surface area contributed by atoms with Crippen LogP contribution >= 0.6 is 0 Å². The van der Waals surface area contributed by atoms with Crippen molar-refractivity contribution in [3.63, 3.8) is 0 Å². The molecular weight excluding hydrogens is 474 g/mol. The summed E-state index contributed by atoms with van der Waals surface area (Å²) < 4.78 is 53.7. The van der Waals surface area contributed by atoms with Gasteiger partial charge in [-0.1, -0.05) is 37.5 Å². The number of hydrogen-bond donors (Lipinski definition) is 1. The number of nitrogens with zero attached hydrogens (tertiary/aromatic N) is 2. The third kappa shape index (κ3) is 6.17. The van der Waals surface area contributed by atoms with Crippen LogP contribution in [0.4, 0.5) is 11.4 Å². The lowest BCUT2D eigenvalue weighted by Gasteiger charge is -2.30. The summed E-state index contributed by atoms with van der Waals surface area (Å²) in [5, 5.41) is 2.74. The maximum Gasteiger partial charge on any atom is 0.248 e. The summed E-state index contributed by atoms with van der Waals surface area (Å²) in [4.78, 5) is 13.3.